The lowest BCUT2D eigenvalue weighted by Crippen LogP contribution is -2.45. The summed E-state index contributed by atoms with van der Waals surface area (Å²) in [4.78, 5) is 11.7. The summed E-state index contributed by atoms with van der Waals surface area (Å²) in [5, 5.41) is 10.2. The molecule has 100 valence electrons. The van der Waals surface area contributed by atoms with Crippen molar-refractivity contribution in [2.45, 2.75) is 32.5 Å². The number of esters is 1. The minimum absolute atomic E-state index is 0.229. The first-order valence-electron chi connectivity index (χ1n) is 6.10. The van der Waals surface area contributed by atoms with E-state index in [9.17, 15) is 9.90 Å². The lowest BCUT2D eigenvalue weighted by molar-refractivity contribution is -0.176. The van der Waals surface area contributed by atoms with Crippen LogP contribution in [0.5, 0.6) is 0 Å². The fourth-order valence-electron chi connectivity index (χ4n) is 1.84. The van der Waals surface area contributed by atoms with Gasteiger partial charge in [-0.2, -0.15) is 0 Å². The fourth-order valence-corrected chi connectivity index (χ4v) is 1.84. The van der Waals surface area contributed by atoms with Crippen LogP contribution in [0.2, 0.25) is 0 Å². The van der Waals surface area contributed by atoms with Crippen LogP contribution < -0.4 is 0 Å². The van der Waals surface area contributed by atoms with Gasteiger partial charge in [-0.1, -0.05) is 30.3 Å². The van der Waals surface area contributed by atoms with Gasteiger partial charge in [-0.25, -0.2) is 4.79 Å². The number of rotatable bonds is 6. The van der Waals surface area contributed by atoms with Crippen LogP contribution in [0.25, 0.3) is 0 Å². The minimum Gasteiger partial charge on any atom is -0.464 e. The van der Waals surface area contributed by atoms with Gasteiger partial charge < -0.3 is 14.6 Å². The first-order chi connectivity index (χ1) is 8.56. The molecule has 18 heavy (non-hydrogen) atoms. The van der Waals surface area contributed by atoms with Crippen molar-refractivity contribution in [2.24, 2.45) is 0 Å². The number of carbonyl (C=O) groups excluding carboxylic acids is 1. The molecule has 0 saturated heterocycles. The van der Waals surface area contributed by atoms with Gasteiger partial charge in [-0.15, -0.1) is 0 Å². The Labute approximate surface area is 108 Å². The summed E-state index contributed by atoms with van der Waals surface area (Å²) in [5.74, 6) is -0.669. The van der Waals surface area contributed by atoms with E-state index < -0.39 is 17.7 Å². The van der Waals surface area contributed by atoms with Crippen molar-refractivity contribution in [3.63, 3.8) is 0 Å². The van der Waals surface area contributed by atoms with Crippen molar-refractivity contribution in [3.05, 3.63) is 35.9 Å². The third-order valence-electron chi connectivity index (χ3n) is 2.82. The Morgan fingerprint density at radius 3 is 2.39 bits per heavy atom. The minimum atomic E-state index is -1.35. The second-order valence-corrected chi connectivity index (χ2v) is 4.06. The Hall–Kier alpha value is -1.39. The molecular formula is C14H20O4. The molecule has 0 aliphatic rings. The smallest absolute Gasteiger partial charge is 0.338 e. The topological polar surface area (TPSA) is 55.8 Å². The van der Waals surface area contributed by atoms with E-state index in [1.54, 1.807) is 13.8 Å². The molecule has 1 aromatic carbocycles. The Morgan fingerprint density at radius 2 is 1.89 bits per heavy atom. The average Bonchev–Trinajstić information content (AvgIpc) is 2.39. The molecule has 0 aromatic heterocycles. The Balaban J connectivity index is 3.03. The summed E-state index contributed by atoms with van der Waals surface area (Å²) in [7, 11) is 0. The van der Waals surface area contributed by atoms with E-state index in [-0.39, 0.29) is 6.61 Å². The van der Waals surface area contributed by atoms with Crippen LogP contribution in [-0.2, 0) is 19.9 Å². The predicted octanol–water partition coefficient (Wildman–Crippen LogP) is 1.86. The SMILES string of the molecule is CCOC(=O)[C@H](O)[C@@](C)(OCC)c1ccccc1. The summed E-state index contributed by atoms with van der Waals surface area (Å²) < 4.78 is 10.4. The third-order valence-corrected chi connectivity index (χ3v) is 2.82. The molecule has 0 amide bonds. The van der Waals surface area contributed by atoms with Crippen LogP contribution >= 0.6 is 0 Å². The normalized spacial score (nSPS) is 15.8. The molecule has 0 heterocycles. The van der Waals surface area contributed by atoms with Crippen molar-refractivity contribution >= 4 is 5.97 Å². The van der Waals surface area contributed by atoms with Gasteiger partial charge >= 0.3 is 5.97 Å². The molecule has 0 aliphatic carbocycles. The molecule has 0 radical (unpaired) electrons. The summed E-state index contributed by atoms with van der Waals surface area (Å²) in [6.45, 7) is 5.83. The van der Waals surface area contributed by atoms with Gasteiger partial charge in [0.25, 0.3) is 0 Å². The number of carbonyl (C=O) groups is 1. The maximum absolute atomic E-state index is 11.7. The zero-order valence-electron chi connectivity index (χ0n) is 11.1. The molecule has 1 N–H and O–H groups in total. The molecule has 4 nitrogen and oxygen atoms in total. The molecule has 0 aliphatic heterocycles. The van der Waals surface area contributed by atoms with E-state index in [1.165, 1.54) is 0 Å². The van der Waals surface area contributed by atoms with E-state index >= 15 is 0 Å². The van der Waals surface area contributed by atoms with Crippen molar-refractivity contribution in [1.29, 1.82) is 0 Å². The molecule has 0 unspecified atom stereocenters. The van der Waals surface area contributed by atoms with Crippen molar-refractivity contribution in [2.75, 3.05) is 13.2 Å². The number of hydrogen-bond donors (Lipinski definition) is 1. The van der Waals surface area contributed by atoms with Crippen LogP contribution in [0.1, 0.15) is 26.3 Å². The Kier molecular flexibility index (Phi) is 5.31. The molecule has 1 aromatic rings. The van der Waals surface area contributed by atoms with Crippen LogP contribution in [0.15, 0.2) is 30.3 Å². The maximum atomic E-state index is 11.7. The fraction of sp³-hybridized carbons (Fsp3) is 0.500. The standard InChI is InChI=1S/C14H20O4/c1-4-17-13(16)12(15)14(3,18-5-2)11-9-7-6-8-10-11/h6-10,12,15H,4-5H2,1-3H3/t12-,14-/m0/s1. The zero-order valence-corrected chi connectivity index (χ0v) is 11.1. The van der Waals surface area contributed by atoms with Crippen LogP contribution in [-0.4, -0.2) is 30.4 Å². The van der Waals surface area contributed by atoms with E-state index in [0.717, 1.165) is 5.56 Å². The van der Waals surface area contributed by atoms with Crippen molar-refractivity contribution in [1.82, 2.24) is 0 Å². The van der Waals surface area contributed by atoms with E-state index in [0.29, 0.717) is 6.61 Å². The largest absolute Gasteiger partial charge is 0.464 e. The molecule has 0 fully saturated rings. The second kappa shape index (κ2) is 6.52. The zero-order chi connectivity index (χ0) is 13.6. The van der Waals surface area contributed by atoms with Gasteiger partial charge in [-0.3, -0.25) is 0 Å². The average molecular weight is 252 g/mol. The summed E-state index contributed by atoms with van der Waals surface area (Å²) in [6.07, 6.45) is -1.35. The van der Waals surface area contributed by atoms with Gasteiger partial charge in [0.2, 0.25) is 0 Å². The number of aliphatic hydroxyl groups is 1. The highest BCUT2D eigenvalue weighted by Crippen LogP contribution is 2.29. The first-order valence-corrected chi connectivity index (χ1v) is 6.10. The molecule has 0 saturated carbocycles. The van der Waals surface area contributed by atoms with Crippen LogP contribution in [0, 0.1) is 0 Å². The highest BCUT2D eigenvalue weighted by Gasteiger charge is 2.41. The Bertz CT molecular complexity index is 377. The second-order valence-electron chi connectivity index (χ2n) is 4.06. The summed E-state index contributed by atoms with van der Waals surface area (Å²) in [6, 6.07) is 9.18. The third kappa shape index (κ3) is 3.09. The number of ether oxygens (including phenoxy) is 2. The van der Waals surface area contributed by atoms with Crippen LogP contribution in [0.4, 0.5) is 0 Å². The van der Waals surface area contributed by atoms with Gasteiger partial charge in [-0.05, 0) is 26.3 Å². The Morgan fingerprint density at radius 1 is 1.28 bits per heavy atom. The molecule has 0 spiro atoms. The molecule has 1 rings (SSSR count). The lowest BCUT2D eigenvalue weighted by Gasteiger charge is -2.33. The first kappa shape index (κ1) is 14.7. The molecule has 2 atom stereocenters. The summed E-state index contributed by atoms with van der Waals surface area (Å²) >= 11 is 0. The van der Waals surface area contributed by atoms with E-state index in [1.807, 2.05) is 37.3 Å². The highest BCUT2D eigenvalue weighted by atomic mass is 16.6. The van der Waals surface area contributed by atoms with E-state index in [4.69, 9.17) is 9.47 Å². The highest BCUT2D eigenvalue weighted by molar-refractivity contribution is 5.76. The van der Waals surface area contributed by atoms with Crippen molar-refractivity contribution in [3.8, 4) is 0 Å². The monoisotopic (exact) mass is 252 g/mol. The van der Waals surface area contributed by atoms with Crippen molar-refractivity contribution < 1.29 is 19.4 Å². The molecular weight excluding hydrogens is 232 g/mol. The number of hydrogen-bond acceptors (Lipinski definition) is 4. The molecule has 0 bridgehead atoms. The van der Waals surface area contributed by atoms with Gasteiger partial charge in [0.1, 0.15) is 5.60 Å². The van der Waals surface area contributed by atoms with Gasteiger partial charge in [0.05, 0.1) is 6.61 Å². The van der Waals surface area contributed by atoms with Crippen LogP contribution in [0.3, 0.4) is 0 Å². The van der Waals surface area contributed by atoms with Gasteiger partial charge in [0.15, 0.2) is 6.10 Å². The summed E-state index contributed by atoms with van der Waals surface area (Å²) in [5.41, 5.74) is -0.352. The van der Waals surface area contributed by atoms with Gasteiger partial charge in [0, 0.05) is 6.61 Å². The predicted molar refractivity (Wildman–Crippen MR) is 68.1 cm³/mol. The number of benzene rings is 1. The molecule has 4 heteroatoms. The quantitative estimate of drug-likeness (QED) is 0.785. The maximum Gasteiger partial charge on any atom is 0.338 e. The van der Waals surface area contributed by atoms with E-state index in [2.05, 4.69) is 0 Å². The lowest BCUT2D eigenvalue weighted by atomic mass is 9.89. The number of aliphatic hydroxyl groups excluding tert-OH is 1.